The first-order chi connectivity index (χ1) is 8.13. The van der Waals surface area contributed by atoms with Crippen LogP contribution in [0.25, 0.3) is 0 Å². The number of hydrogen-bond donors (Lipinski definition) is 2. The molecule has 1 aromatic heterocycles. The summed E-state index contributed by atoms with van der Waals surface area (Å²) in [7, 11) is 0. The van der Waals surface area contributed by atoms with Gasteiger partial charge in [-0.3, -0.25) is 0 Å². The molecule has 4 nitrogen and oxygen atoms in total. The fourth-order valence-corrected chi connectivity index (χ4v) is 2.51. The Morgan fingerprint density at radius 1 is 1.24 bits per heavy atom. The summed E-state index contributed by atoms with van der Waals surface area (Å²) < 4.78 is 0. The Kier molecular flexibility index (Phi) is 3.82. The van der Waals surface area contributed by atoms with E-state index in [4.69, 9.17) is 5.73 Å². The van der Waals surface area contributed by atoms with E-state index in [0.717, 1.165) is 17.4 Å². The van der Waals surface area contributed by atoms with Gasteiger partial charge in [-0.25, -0.2) is 4.98 Å². The summed E-state index contributed by atoms with van der Waals surface area (Å²) >= 11 is 0. The van der Waals surface area contributed by atoms with Crippen molar-refractivity contribution in [3.05, 3.63) is 11.8 Å². The van der Waals surface area contributed by atoms with Crippen LogP contribution in [0.5, 0.6) is 0 Å². The highest BCUT2D eigenvalue weighted by atomic mass is 15.1. The Bertz CT molecular complexity index is 357. The van der Waals surface area contributed by atoms with E-state index in [-0.39, 0.29) is 0 Å². The molecule has 1 saturated carbocycles. The van der Waals surface area contributed by atoms with E-state index >= 15 is 0 Å². The fourth-order valence-electron chi connectivity index (χ4n) is 2.51. The van der Waals surface area contributed by atoms with Crippen LogP contribution in [0.3, 0.4) is 0 Å². The molecular weight excluding hydrogens is 212 g/mol. The summed E-state index contributed by atoms with van der Waals surface area (Å²) in [5.74, 6) is 2.09. The zero-order chi connectivity index (χ0) is 12.3. The van der Waals surface area contributed by atoms with Crippen molar-refractivity contribution in [2.75, 3.05) is 11.1 Å². The molecule has 1 aliphatic carbocycles. The lowest BCUT2D eigenvalue weighted by atomic mass is 10.0. The van der Waals surface area contributed by atoms with Gasteiger partial charge >= 0.3 is 0 Å². The van der Waals surface area contributed by atoms with Crippen molar-refractivity contribution in [2.24, 2.45) is 5.92 Å². The second-order valence-corrected chi connectivity index (χ2v) is 5.21. The number of nitrogens with one attached hydrogen (secondary N) is 1. The molecule has 1 heterocycles. The highest BCUT2D eigenvalue weighted by Gasteiger charge is 2.16. The maximum absolute atomic E-state index is 5.66. The molecule has 0 bridgehead atoms. The highest BCUT2D eigenvalue weighted by molar-refractivity contribution is 5.41. The van der Waals surface area contributed by atoms with Crippen LogP contribution in [0.15, 0.2) is 6.07 Å². The Morgan fingerprint density at radius 2 is 2.06 bits per heavy atom. The Morgan fingerprint density at radius 3 is 2.82 bits per heavy atom. The summed E-state index contributed by atoms with van der Waals surface area (Å²) in [6.45, 7) is 4.29. The van der Waals surface area contributed by atoms with Crippen molar-refractivity contribution in [1.82, 2.24) is 9.97 Å². The van der Waals surface area contributed by atoms with Gasteiger partial charge in [-0.1, -0.05) is 19.8 Å². The normalized spacial score (nSPS) is 25.3. The maximum atomic E-state index is 5.66. The SMILES string of the molecule is Cc1cc(NC2CCCC(C)CC2)nc(N)n1. The maximum Gasteiger partial charge on any atom is 0.222 e. The van der Waals surface area contributed by atoms with Crippen molar-refractivity contribution in [1.29, 1.82) is 0 Å². The molecular formula is C13H22N4. The lowest BCUT2D eigenvalue weighted by molar-refractivity contribution is 0.502. The fraction of sp³-hybridized carbons (Fsp3) is 0.692. The number of hydrogen-bond acceptors (Lipinski definition) is 4. The molecule has 0 amide bonds. The van der Waals surface area contributed by atoms with Gasteiger partial charge in [0.25, 0.3) is 0 Å². The van der Waals surface area contributed by atoms with Crippen LogP contribution in [0, 0.1) is 12.8 Å². The molecule has 2 rings (SSSR count). The van der Waals surface area contributed by atoms with Gasteiger partial charge in [0.15, 0.2) is 0 Å². The van der Waals surface area contributed by atoms with Crippen molar-refractivity contribution >= 4 is 11.8 Å². The monoisotopic (exact) mass is 234 g/mol. The van der Waals surface area contributed by atoms with Crippen LogP contribution in [0.4, 0.5) is 11.8 Å². The van der Waals surface area contributed by atoms with Crippen LogP contribution in [-0.2, 0) is 0 Å². The van der Waals surface area contributed by atoms with Crippen LogP contribution in [-0.4, -0.2) is 16.0 Å². The molecule has 0 aromatic carbocycles. The van der Waals surface area contributed by atoms with Crippen LogP contribution in [0.2, 0.25) is 0 Å². The number of aryl methyl sites for hydroxylation is 1. The minimum Gasteiger partial charge on any atom is -0.368 e. The third-order valence-corrected chi connectivity index (χ3v) is 3.48. The van der Waals surface area contributed by atoms with E-state index in [0.29, 0.717) is 12.0 Å². The predicted octanol–water partition coefficient (Wildman–Crippen LogP) is 2.75. The standard InChI is InChI=1S/C13H22N4/c1-9-4-3-5-11(7-6-9)16-12-8-10(2)15-13(14)17-12/h8-9,11H,3-7H2,1-2H3,(H3,14,15,16,17). The second-order valence-electron chi connectivity index (χ2n) is 5.21. The Balaban J connectivity index is 1.99. The van der Waals surface area contributed by atoms with Crippen LogP contribution in [0.1, 0.15) is 44.7 Å². The average Bonchev–Trinajstić information content (AvgIpc) is 2.42. The van der Waals surface area contributed by atoms with Gasteiger partial charge in [0, 0.05) is 17.8 Å². The third kappa shape index (κ3) is 3.58. The Hall–Kier alpha value is -1.32. The third-order valence-electron chi connectivity index (χ3n) is 3.48. The second kappa shape index (κ2) is 5.34. The largest absolute Gasteiger partial charge is 0.368 e. The number of aromatic nitrogens is 2. The summed E-state index contributed by atoms with van der Waals surface area (Å²) in [5.41, 5.74) is 6.57. The zero-order valence-corrected chi connectivity index (χ0v) is 10.7. The van der Waals surface area contributed by atoms with Crippen molar-refractivity contribution < 1.29 is 0 Å². The summed E-state index contributed by atoms with van der Waals surface area (Å²) in [5, 5.41) is 3.49. The molecule has 17 heavy (non-hydrogen) atoms. The van der Waals surface area contributed by atoms with E-state index in [9.17, 15) is 0 Å². The molecule has 2 atom stereocenters. The lowest BCUT2D eigenvalue weighted by Gasteiger charge is -2.17. The molecule has 0 saturated heterocycles. The summed E-state index contributed by atoms with van der Waals surface area (Å²) in [4.78, 5) is 8.32. The van der Waals surface area contributed by atoms with E-state index < -0.39 is 0 Å². The number of nitrogen functional groups attached to an aromatic ring is 1. The summed E-state index contributed by atoms with van der Waals surface area (Å²) in [6.07, 6.45) is 6.41. The molecule has 0 radical (unpaired) electrons. The summed E-state index contributed by atoms with van der Waals surface area (Å²) in [6, 6.07) is 2.50. The van der Waals surface area contributed by atoms with Gasteiger partial charge in [-0.15, -0.1) is 0 Å². The van der Waals surface area contributed by atoms with Crippen molar-refractivity contribution in [3.8, 4) is 0 Å². The van der Waals surface area contributed by atoms with Gasteiger partial charge in [0.2, 0.25) is 5.95 Å². The zero-order valence-electron chi connectivity index (χ0n) is 10.7. The minimum absolute atomic E-state index is 0.356. The molecule has 94 valence electrons. The molecule has 3 N–H and O–H groups in total. The predicted molar refractivity (Wildman–Crippen MR) is 70.8 cm³/mol. The Labute approximate surface area is 103 Å². The first-order valence-electron chi connectivity index (χ1n) is 6.51. The van der Waals surface area contributed by atoms with E-state index in [1.54, 1.807) is 0 Å². The molecule has 0 aliphatic heterocycles. The number of nitrogens with two attached hydrogens (primary N) is 1. The molecule has 1 aromatic rings. The van der Waals surface area contributed by atoms with Gasteiger partial charge in [0.1, 0.15) is 5.82 Å². The molecule has 1 fully saturated rings. The smallest absolute Gasteiger partial charge is 0.222 e. The van der Waals surface area contributed by atoms with Gasteiger partial charge in [-0.2, -0.15) is 4.98 Å². The number of anilines is 2. The average molecular weight is 234 g/mol. The molecule has 2 unspecified atom stereocenters. The van der Waals surface area contributed by atoms with Crippen LogP contribution < -0.4 is 11.1 Å². The molecule has 0 spiro atoms. The molecule has 4 heteroatoms. The quantitative estimate of drug-likeness (QED) is 0.772. The highest BCUT2D eigenvalue weighted by Crippen LogP contribution is 2.24. The van der Waals surface area contributed by atoms with Crippen molar-refractivity contribution in [3.63, 3.8) is 0 Å². The molecule has 1 aliphatic rings. The lowest BCUT2D eigenvalue weighted by Crippen LogP contribution is -2.19. The van der Waals surface area contributed by atoms with Gasteiger partial charge in [-0.05, 0) is 32.1 Å². The van der Waals surface area contributed by atoms with Crippen molar-refractivity contribution in [2.45, 2.75) is 52.0 Å². The first kappa shape index (κ1) is 12.1. The number of nitrogens with zero attached hydrogens (tertiary/aromatic N) is 2. The van der Waals surface area contributed by atoms with Gasteiger partial charge < -0.3 is 11.1 Å². The topological polar surface area (TPSA) is 63.8 Å². The number of rotatable bonds is 2. The van der Waals surface area contributed by atoms with E-state index in [2.05, 4.69) is 22.2 Å². The first-order valence-corrected chi connectivity index (χ1v) is 6.51. The van der Waals surface area contributed by atoms with E-state index in [1.165, 1.54) is 32.1 Å². The van der Waals surface area contributed by atoms with Gasteiger partial charge in [0.05, 0.1) is 0 Å². The minimum atomic E-state index is 0.356. The van der Waals surface area contributed by atoms with Crippen LogP contribution >= 0.6 is 0 Å². The van der Waals surface area contributed by atoms with E-state index in [1.807, 2.05) is 13.0 Å².